The van der Waals surface area contributed by atoms with Gasteiger partial charge in [-0.3, -0.25) is 4.79 Å². The second-order valence-corrected chi connectivity index (χ2v) is 8.68. The summed E-state index contributed by atoms with van der Waals surface area (Å²) in [5.74, 6) is 2.86. The Morgan fingerprint density at radius 2 is 1.92 bits per heavy atom. The molecule has 0 radical (unpaired) electrons. The van der Waals surface area contributed by atoms with E-state index in [4.69, 9.17) is 0 Å². The Morgan fingerprint density at radius 1 is 1.25 bits per heavy atom. The zero-order valence-corrected chi connectivity index (χ0v) is 14.3. The number of nitrogens with zero attached hydrogens (tertiary/aromatic N) is 2. The minimum absolute atomic E-state index is 0.184. The first-order valence-electron chi connectivity index (χ1n) is 9.33. The van der Waals surface area contributed by atoms with E-state index in [9.17, 15) is 4.79 Å². The molecule has 4 nitrogen and oxygen atoms in total. The second-order valence-electron chi connectivity index (χ2n) is 8.68. The summed E-state index contributed by atoms with van der Waals surface area (Å²) in [5.41, 5.74) is 3.12. The van der Waals surface area contributed by atoms with Crippen molar-refractivity contribution in [2.45, 2.75) is 51.9 Å². The number of aromatic nitrogens is 2. The molecule has 24 heavy (non-hydrogen) atoms. The number of nitrogens with one attached hydrogen (secondary N) is 1. The van der Waals surface area contributed by atoms with E-state index in [-0.39, 0.29) is 5.91 Å². The molecule has 4 saturated carbocycles. The standard InChI is InChI=1S/C20H25N3O/c1-13-5-18-17(3-2-4-23(18)22-13)21-19(24)12-20-9-14-6-15(10-20)8-16(7-14)11-20/h2-5,14-16H,6-12H2,1H3,(H,21,24). The quantitative estimate of drug-likeness (QED) is 0.920. The third-order valence-corrected chi connectivity index (χ3v) is 6.60. The van der Waals surface area contributed by atoms with Gasteiger partial charge in [0.25, 0.3) is 0 Å². The van der Waals surface area contributed by atoms with Crippen molar-refractivity contribution in [3.63, 3.8) is 0 Å². The van der Waals surface area contributed by atoms with E-state index in [1.165, 1.54) is 38.5 Å². The van der Waals surface area contributed by atoms with Crippen molar-refractivity contribution in [2.75, 3.05) is 5.32 Å². The van der Waals surface area contributed by atoms with Crippen molar-refractivity contribution in [3.05, 3.63) is 30.1 Å². The normalized spacial score (nSPS) is 34.0. The first kappa shape index (κ1) is 14.5. The maximum absolute atomic E-state index is 12.8. The van der Waals surface area contributed by atoms with Crippen LogP contribution in [0.15, 0.2) is 24.4 Å². The molecule has 0 saturated heterocycles. The van der Waals surface area contributed by atoms with Crippen LogP contribution in [0.4, 0.5) is 5.69 Å². The Hall–Kier alpha value is -1.84. The number of hydrogen-bond acceptors (Lipinski definition) is 2. The molecular formula is C20H25N3O. The van der Waals surface area contributed by atoms with Gasteiger partial charge in [-0.25, -0.2) is 4.52 Å². The predicted octanol–water partition coefficient (Wildman–Crippen LogP) is 4.19. The third-order valence-electron chi connectivity index (χ3n) is 6.60. The first-order chi connectivity index (χ1) is 11.6. The average molecular weight is 323 g/mol. The van der Waals surface area contributed by atoms with Crippen LogP contribution < -0.4 is 5.32 Å². The lowest BCUT2D eigenvalue weighted by Gasteiger charge is -2.56. The molecule has 1 N–H and O–H groups in total. The van der Waals surface area contributed by atoms with Gasteiger partial charge in [0.2, 0.25) is 5.91 Å². The number of aryl methyl sites for hydroxylation is 1. The second kappa shape index (κ2) is 5.08. The number of carbonyl (C=O) groups excluding carboxylic acids is 1. The summed E-state index contributed by atoms with van der Waals surface area (Å²) in [7, 11) is 0. The van der Waals surface area contributed by atoms with E-state index in [2.05, 4.69) is 10.4 Å². The summed E-state index contributed by atoms with van der Waals surface area (Å²) in [4.78, 5) is 12.8. The molecule has 0 aromatic carbocycles. The number of rotatable bonds is 3. The van der Waals surface area contributed by atoms with Crippen LogP contribution in [0, 0.1) is 30.1 Å². The summed E-state index contributed by atoms with van der Waals surface area (Å²) in [6.45, 7) is 1.98. The van der Waals surface area contributed by atoms with E-state index < -0.39 is 0 Å². The molecule has 0 spiro atoms. The Morgan fingerprint density at radius 3 is 2.58 bits per heavy atom. The Balaban J connectivity index is 1.36. The van der Waals surface area contributed by atoms with Crippen LogP contribution in [-0.4, -0.2) is 15.5 Å². The van der Waals surface area contributed by atoms with Gasteiger partial charge in [0.05, 0.1) is 16.9 Å². The fraction of sp³-hybridized carbons (Fsp3) is 0.600. The number of carbonyl (C=O) groups is 1. The van der Waals surface area contributed by atoms with Crippen molar-refractivity contribution in [3.8, 4) is 0 Å². The number of pyridine rings is 1. The van der Waals surface area contributed by atoms with Gasteiger partial charge >= 0.3 is 0 Å². The Bertz CT molecular complexity index is 771. The molecule has 4 aliphatic carbocycles. The summed E-state index contributed by atoms with van der Waals surface area (Å²) >= 11 is 0. The molecule has 126 valence electrons. The lowest BCUT2D eigenvalue weighted by molar-refractivity contribution is -0.124. The molecule has 2 aromatic rings. The fourth-order valence-corrected chi connectivity index (χ4v) is 6.28. The zero-order chi connectivity index (χ0) is 16.3. The maximum atomic E-state index is 12.8. The predicted molar refractivity (Wildman–Crippen MR) is 93.8 cm³/mol. The molecule has 2 aromatic heterocycles. The number of fused-ring (bicyclic) bond motifs is 1. The molecule has 0 unspecified atom stereocenters. The molecular weight excluding hydrogens is 298 g/mol. The van der Waals surface area contributed by atoms with E-state index in [0.29, 0.717) is 11.8 Å². The van der Waals surface area contributed by atoms with Crippen LogP contribution in [0.1, 0.15) is 50.6 Å². The minimum Gasteiger partial charge on any atom is -0.324 e. The van der Waals surface area contributed by atoms with Gasteiger partial charge in [0.15, 0.2) is 0 Å². The van der Waals surface area contributed by atoms with Crippen LogP contribution in [0.3, 0.4) is 0 Å². The summed E-state index contributed by atoms with van der Waals surface area (Å²) < 4.78 is 1.84. The van der Waals surface area contributed by atoms with Gasteiger partial charge in [-0.05, 0) is 86.8 Å². The SMILES string of the molecule is Cc1cc2c(NC(=O)CC34CC5CC(CC(C5)C3)C4)cccn2n1. The highest BCUT2D eigenvalue weighted by Gasteiger charge is 2.51. The topological polar surface area (TPSA) is 46.4 Å². The van der Waals surface area contributed by atoms with Crippen LogP contribution in [0.2, 0.25) is 0 Å². The highest BCUT2D eigenvalue weighted by molar-refractivity contribution is 5.95. The highest BCUT2D eigenvalue weighted by Crippen LogP contribution is 2.61. The van der Waals surface area contributed by atoms with Crippen molar-refractivity contribution < 1.29 is 4.79 Å². The minimum atomic E-state index is 0.184. The molecule has 1 amide bonds. The van der Waals surface area contributed by atoms with Crippen molar-refractivity contribution in [2.24, 2.45) is 23.2 Å². The van der Waals surface area contributed by atoms with E-state index in [1.54, 1.807) is 0 Å². The largest absolute Gasteiger partial charge is 0.324 e. The Kier molecular flexibility index (Phi) is 3.07. The van der Waals surface area contributed by atoms with Crippen LogP contribution in [-0.2, 0) is 4.79 Å². The van der Waals surface area contributed by atoms with E-state index in [0.717, 1.165) is 34.7 Å². The maximum Gasteiger partial charge on any atom is 0.224 e. The van der Waals surface area contributed by atoms with Crippen molar-refractivity contribution in [1.29, 1.82) is 0 Å². The smallest absolute Gasteiger partial charge is 0.224 e. The lowest BCUT2D eigenvalue weighted by atomic mass is 9.49. The molecule has 6 rings (SSSR count). The van der Waals surface area contributed by atoms with Crippen molar-refractivity contribution in [1.82, 2.24) is 9.61 Å². The summed E-state index contributed by atoms with van der Waals surface area (Å²) in [6, 6.07) is 5.95. The van der Waals surface area contributed by atoms with Crippen LogP contribution in [0.5, 0.6) is 0 Å². The van der Waals surface area contributed by atoms with Gasteiger partial charge in [-0.1, -0.05) is 0 Å². The number of amides is 1. The lowest BCUT2D eigenvalue weighted by Crippen LogP contribution is -2.47. The molecule has 2 heterocycles. The van der Waals surface area contributed by atoms with Crippen LogP contribution >= 0.6 is 0 Å². The van der Waals surface area contributed by atoms with E-state index >= 15 is 0 Å². The van der Waals surface area contributed by atoms with Crippen LogP contribution in [0.25, 0.3) is 5.52 Å². The van der Waals surface area contributed by atoms with Crippen molar-refractivity contribution >= 4 is 17.1 Å². The molecule has 4 aliphatic rings. The van der Waals surface area contributed by atoms with E-state index in [1.807, 2.05) is 35.8 Å². The highest BCUT2D eigenvalue weighted by atomic mass is 16.1. The zero-order valence-electron chi connectivity index (χ0n) is 14.3. The summed E-state index contributed by atoms with van der Waals surface area (Å²) in [5, 5.41) is 7.60. The monoisotopic (exact) mass is 323 g/mol. The molecule has 4 heteroatoms. The molecule has 0 atom stereocenters. The molecule has 0 aliphatic heterocycles. The molecule has 4 fully saturated rings. The van der Waals surface area contributed by atoms with Gasteiger partial charge in [0, 0.05) is 12.6 Å². The van der Waals surface area contributed by atoms with Gasteiger partial charge in [-0.2, -0.15) is 5.10 Å². The number of anilines is 1. The van der Waals surface area contributed by atoms with Gasteiger partial charge in [0.1, 0.15) is 0 Å². The Labute approximate surface area is 142 Å². The fourth-order valence-electron chi connectivity index (χ4n) is 6.28. The molecule has 4 bridgehead atoms. The number of hydrogen-bond donors (Lipinski definition) is 1. The average Bonchev–Trinajstić information content (AvgIpc) is 2.86. The van der Waals surface area contributed by atoms with Gasteiger partial charge < -0.3 is 5.32 Å². The third kappa shape index (κ3) is 2.35. The summed E-state index contributed by atoms with van der Waals surface area (Å²) in [6.07, 6.45) is 10.7. The first-order valence-corrected chi connectivity index (χ1v) is 9.33. The van der Waals surface area contributed by atoms with Gasteiger partial charge in [-0.15, -0.1) is 0 Å².